The fourth-order valence-corrected chi connectivity index (χ4v) is 4.06. The third-order valence-corrected chi connectivity index (χ3v) is 5.53. The summed E-state index contributed by atoms with van der Waals surface area (Å²) < 4.78 is 2.59. The van der Waals surface area contributed by atoms with Crippen molar-refractivity contribution in [2.75, 3.05) is 31.1 Å². The van der Waals surface area contributed by atoms with Gasteiger partial charge in [0.2, 0.25) is 0 Å². The van der Waals surface area contributed by atoms with Gasteiger partial charge in [-0.1, -0.05) is 0 Å². The van der Waals surface area contributed by atoms with E-state index in [0.717, 1.165) is 43.3 Å². The van der Waals surface area contributed by atoms with Crippen LogP contribution in [0.25, 0.3) is 16.0 Å². The van der Waals surface area contributed by atoms with Crippen molar-refractivity contribution in [3.8, 4) is 0 Å². The molecule has 0 amide bonds. The maximum atomic E-state index is 12.1. The van der Waals surface area contributed by atoms with Crippen molar-refractivity contribution in [1.29, 1.82) is 0 Å². The first-order valence-corrected chi connectivity index (χ1v) is 9.24. The van der Waals surface area contributed by atoms with Crippen molar-refractivity contribution in [3.63, 3.8) is 0 Å². The Bertz CT molecular complexity index is 1120. The molecule has 0 atom stereocenters. The lowest BCUT2D eigenvalue weighted by molar-refractivity contribution is 0.243. The lowest BCUT2D eigenvalue weighted by atomic mass is 10.3. The highest BCUT2D eigenvalue weighted by Gasteiger charge is 2.20. The molecule has 0 aromatic carbocycles. The summed E-state index contributed by atoms with van der Waals surface area (Å²) in [6.07, 6.45) is 3.45. The summed E-state index contributed by atoms with van der Waals surface area (Å²) in [5.41, 5.74) is 0.726. The van der Waals surface area contributed by atoms with E-state index in [1.54, 1.807) is 12.5 Å². The summed E-state index contributed by atoms with van der Waals surface area (Å²) in [4.78, 5) is 28.4. The molecule has 5 rings (SSSR count). The number of piperazine rings is 1. The van der Waals surface area contributed by atoms with Crippen LogP contribution in [0.15, 0.2) is 34.8 Å². The van der Waals surface area contributed by atoms with Crippen molar-refractivity contribution < 1.29 is 0 Å². The van der Waals surface area contributed by atoms with Gasteiger partial charge in [-0.05, 0) is 17.5 Å². The van der Waals surface area contributed by atoms with Crippen LogP contribution in [0, 0.1) is 0 Å². The Hall–Kier alpha value is -2.85. The van der Waals surface area contributed by atoms with E-state index >= 15 is 0 Å². The molecular formula is C16H16N8OS. The molecule has 26 heavy (non-hydrogen) atoms. The quantitative estimate of drug-likeness (QED) is 0.570. The lowest BCUT2D eigenvalue weighted by Crippen LogP contribution is -2.46. The highest BCUT2D eigenvalue weighted by atomic mass is 32.1. The SMILES string of the molecule is O=c1[nH]c(CN2CCN(c3ccnc4nncn34)CC2)nc2ccsc12. The highest BCUT2D eigenvalue weighted by Crippen LogP contribution is 2.18. The smallest absolute Gasteiger partial charge is 0.268 e. The summed E-state index contributed by atoms with van der Waals surface area (Å²) in [5, 5.41) is 9.82. The maximum absolute atomic E-state index is 12.1. The number of hydrogen-bond acceptors (Lipinski definition) is 8. The van der Waals surface area contributed by atoms with Crippen LogP contribution in [0.1, 0.15) is 5.82 Å². The number of fused-ring (bicyclic) bond motifs is 2. The van der Waals surface area contributed by atoms with Crippen LogP contribution in [0.2, 0.25) is 0 Å². The van der Waals surface area contributed by atoms with Gasteiger partial charge in [-0.2, -0.15) is 0 Å². The largest absolute Gasteiger partial charge is 0.355 e. The first-order valence-electron chi connectivity index (χ1n) is 8.36. The van der Waals surface area contributed by atoms with Crippen LogP contribution in [-0.4, -0.2) is 60.6 Å². The van der Waals surface area contributed by atoms with Gasteiger partial charge < -0.3 is 9.88 Å². The number of aromatic amines is 1. The van der Waals surface area contributed by atoms with Gasteiger partial charge in [0, 0.05) is 32.4 Å². The van der Waals surface area contributed by atoms with Crippen LogP contribution < -0.4 is 10.5 Å². The first-order chi connectivity index (χ1) is 12.8. The third-order valence-electron chi connectivity index (χ3n) is 4.62. The number of anilines is 1. The Kier molecular flexibility index (Phi) is 3.64. The van der Waals surface area contributed by atoms with Crippen LogP contribution in [0.4, 0.5) is 5.82 Å². The number of nitrogens with one attached hydrogen (secondary N) is 1. The average molecular weight is 368 g/mol. The van der Waals surface area contributed by atoms with Crippen LogP contribution in [0.5, 0.6) is 0 Å². The highest BCUT2D eigenvalue weighted by molar-refractivity contribution is 7.17. The summed E-state index contributed by atoms with van der Waals surface area (Å²) in [5.74, 6) is 2.38. The lowest BCUT2D eigenvalue weighted by Gasteiger charge is -2.35. The molecule has 1 aliphatic heterocycles. The molecular weight excluding hydrogens is 352 g/mol. The van der Waals surface area contributed by atoms with Crippen molar-refractivity contribution in [2.24, 2.45) is 0 Å². The topological polar surface area (TPSA) is 95.3 Å². The molecule has 1 N–H and O–H groups in total. The number of thiophene rings is 1. The van der Waals surface area contributed by atoms with Gasteiger partial charge in [0.05, 0.1) is 12.1 Å². The second-order valence-electron chi connectivity index (χ2n) is 6.21. The minimum atomic E-state index is -0.0505. The second-order valence-corrected chi connectivity index (χ2v) is 7.13. The van der Waals surface area contributed by atoms with E-state index in [0.29, 0.717) is 17.0 Å². The molecule has 10 heteroatoms. The Morgan fingerprint density at radius 1 is 1.19 bits per heavy atom. The van der Waals surface area contributed by atoms with Crippen molar-refractivity contribution in [1.82, 2.24) is 34.4 Å². The van der Waals surface area contributed by atoms with Crippen molar-refractivity contribution in [2.45, 2.75) is 6.54 Å². The molecule has 1 fully saturated rings. The van der Waals surface area contributed by atoms with E-state index in [1.807, 2.05) is 21.9 Å². The maximum Gasteiger partial charge on any atom is 0.268 e. The summed E-state index contributed by atoms with van der Waals surface area (Å²) >= 11 is 1.42. The predicted molar refractivity (Wildman–Crippen MR) is 98.5 cm³/mol. The minimum Gasteiger partial charge on any atom is -0.355 e. The first kappa shape index (κ1) is 15.4. The molecule has 0 bridgehead atoms. The number of rotatable bonds is 3. The zero-order valence-corrected chi connectivity index (χ0v) is 14.7. The molecule has 0 spiro atoms. The molecule has 1 saturated heterocycles. The molecule has 4 aromatic rings. The van der Waals surface area contributed by atoms with Gasteiger partial charge in [0.1, 0.15) is 22.7 Å². The fraction of sp³-hybridized carbons (Fsp3) is 0.312. The fourth-order valence-electron chi connectivity index (χ4n) is 3.33. The van der Waals surface area contributed by atoms with Gasteiger partial charge in [-0.15, -0.1) is 21.5 Å². The molecule has 5 heterocycles. The Labute approximate surface area is 151 Å². The molecule has 0 aliphatic carbocycles. The van der Waals surface area contributed by atoms with Crippen LogP contribution in [-0.2, 0) is 6.54 Å². The van der Waals surface area contributed by atoms with Crippen LogP contribution in [0.3, 0.4) is 0 Å². The summed E-state index contributed by atoms with van der Waals surface area (Å²) in [6.45, 7) is 4.17. The standard InChI is InChI=1S/C16H16N8OS/c25-15-14-11(2-8-26-14)19-12(20-15)9-22-4-6-23(7-5-22)13-1-3-17-16-21-18-10-24(13)16/h1-3,8,10H,4-7,9H2,(H,19,20,25). The Morgan fingerprint density at radius 2 is 2.08 bits per heavy atom. The van der Waals surface area contributed by atoms with Gasteiger partial charge >= 0.3 is 0 Å². The second kappa shape index (κ2) is 6.15. The van der Waals surface area contributed by atoms with E-state index in [1.165, 1.54) is 11.3 Å². The van der Waals surface area contributed by atoms with Gasteiger partial charge in [0.25, 0.3) is 11.3 Å². The molecule has 1 aliphatic rings. The van der Waals surface area contributed by atoms with Gasteiger partial charge in [-0.3, -0.25) is 14.1 Å². The van der Waals surface area contributed by atoms with Crippen molar-refractivity contribution >= 4 is 33.1 Å². The summed E-state index contributed by atoms with van der Waals surface area (Å²) in [6, 6.07) is 3.88. The third kappa shape index (κ3) is 2.63. The monoisotopic (exact) mass is 368 g/mol. The number of H-pyrrole nitrogens is 1. The normalized spacial score (nSPS) is 15.9. The minimum absolute atomic E-state index is 0.0505. The Balaban J connectivity index is 1.31. The molecule has 4 aromatic heterocycles. The number of nitrogens with zero attached hydrogens (tertiary/aromatic N) is 7. The summed E-state index contributed by atoms with van der Waals surface area (Å²) in [7, 11) is 0. The number of aromatic nitrogens is 6. The van der Waals surface area contributed by atoms with Gasteiger partial charge in [0.15, 0.2) is 0 Å². The van der Waals surface area contributed by atoms with E-state index in [-0.39, 0.29) is 5.56 Å². The Morgan fingerprint density at radius 3 is 2.96 bits per heavy atom. The van der Waals surface area contributed by atoms with Crippen LogP contribution >= 0.6 is 11.3 Å². The van der Waals surface area contributed by atoms with E-state index in [2.05, 4.69) is 34.9 Å². The average Bonchev–Trinajstić information content (AvgIpc) is 3.31. The van der Waals surface area contributed by atoms with E-state index in [9.17, 15) is 4.79 Å². The molecule has 132 valence electrons. The van der Waals surface area contributed by atoms with E-state index in [4.69, 9.17) is 0 Å². The van der Waals surface area contributed by atoms with Gasteiger partial charge in [-0.25, -0.2) is 9.97 Å². The predicted octanol–water partition coefficient (Wildman–Crippen LogP) is 0.745. The molecule has 9 nitrogen and oxygen atoms in total. The number of hydrogen-bond donors (Lipinski definition) is 1. The molecule has 0 radical (unpaired) electrons. The molecule has 0 unspecified atom stereocenters. The zero-order valence-electron chi connectivity index (χ0n) is 13.9. The molecule has 0 saturated carbocycles. The van der Waals surface area contributed by atoms with E-state index < -0.39 is 0 Å². The zero-order chi connectivity index (χ0) is 17.5. The van der Waals surface area contributed by atoms with Crippen molar-refractivity contribution in [3.05, 3.63) is 46.2 Å².